The number of rotatable bonds is 5. The first-order chi connectivity index (χ1) is 16.9. The van der Waals surface area contributed by atoms with E-state index in [9.17, 15) is 14.4 Å². The van der Waals surface area contributed by atoms with Crippen LogP contribution < -0.4 is 16.1 Å². The molecule has 0 bridgehead atoms. The van der Waals surface area contributed by atoms with Crippen LogP contribution in [-0.4, -0.2) is 55.7 Å². The molecule has 35 heavy (non-hydrogen) atoms. The number of aromatic nitrogens is 4. The second-order valence-corrected chi connectivity index (χ2v) is 9.80. The maximum absolute atomic E-state index is 13.1. The first-order valence-electron chi connectivity index (χ1n) is 12.7. The number of hydrogen-bond donors (Lipinski definition) is 0. The number of imidazole rings is 1. The number of benzene rings is 1. The molecule has 2 aliphatic rings. The molecule has 1 saturated heterocycles. The van der Waals surface area contributed by atoms with Crippen LogP contribution in [-0.2, 0) is 25.4 Å². The molecule has 3 aromatic rings. The van der Waals surface area contributed by atoms with Crippen molar-refractivity contribution in [1.82, 2.24) is 23.6 Å². The largest absolute Gasteiger partial charge is 0.354 e. The van der Waals surface area contributed by atoms with E-state index in [1.165, 1.54) is 49.8 Å². The molecular formula is C26H34N6O3. The van der Waals surface area contributed by atoms with Gasteiger partial charge in [0.2, 0.25) is 5.91 Å². The van der Waals surface area contributed by atoms with Crippen molar-refractivity contribution < 1.29 is 4.79 Å². The maximum atomic E-state index is 13.1. The summed E-state index contributed by atoms with van der Waals surface area (Å²) >= 11 is 0. The zero-order valence-electron chi connectivity index (χ0n) is 20.7. The summed E-state index contributed by atoms with van der Waals surface area (Å²) in [7, 11) is 3.15. The van der Waals surface area contributed by atoms with E-state index in [1.54, 1.807) is 7.05 Å². The quantitative estimate of drug-likeness (QED) is 0.561. The Morgan fingerprint density at radius 2 is 1.69 bits per heavy atom. The van der Waals surface area contributed by atoms with Crippen LogP contribution >= 0.6 is 0 Å². The molecule has 0 unspecified atom stereocenters. The average molecular weight is 479 g/mol. The van der Waals surface area contributed by atoms with Gasteiger partial charge in [-0.1, -0.05) is 31.4 Å². The third-order valence-electron chi connectivity index (χ3n) is 7.66. The number of fused-ring (bicyclic) bond motifs is 1. The van der Waals surface area contributed by atoms with Crippen molar-refractivity contribution in [2.45, 2.75) is 51.0 Å². The number of piperazine rings is 1. The Morgan fingerprint density at radius 3 is 2.43 bits per heavy atom. The minimum atomic E-state index is -0.340. The van der Waals surface area contributed by atoms with E-state index in [2.05, 4.69) is 16.7 Å². The molecule has 9 heteroatoms. The summed E-state index contributed by atoms with van der Waals surface area (Å²) in [5.41, 5.74) is 1.46. The van der Waals surface area contributed by atoms with Gasteiger partial charge in [-0.05, 0) is 25.0 Å². The first kappa shape index (κ1) is 23.4. The smallest absolute Gasteiger partial charge is 0.332 e. The van der Waals surface area contributed by atoms with Crippen LogP contribution in [0.15, 0.2) is 39.9 Å². The van der Waals surface area contributed by atoms with E-state index < -0.39 is 0 Å². The Morgan fingerprint density at radius 1 is 0.971 bits per heavy atom. The predicted octanol–water partition coefficient (Wildman–Crippen LogP) is 2.22. The molecule has 1 aliphatic carbocycles. The molecule has 1 saturated carbocycles. The minimum Gasteiger partial charge on any atom is -0.354 e. The molecule has 2 fully saturated rings. The van der Waals surface area contributed by atoms with E-state index in [-0.39, 0.29) is 17.2 Å². The minimum absolute atomic E-state index is 0.134. The van der Waals surface area contributed by atoms with Gasteiger partial charge in [-0.25, -0.2) is 9.78 Å². The maximum Gasteiger partial charge on any atom is 0.332 e. The highest BCUT2D eigenvalue weighted by Gasteiger charge is 2.25. The van der Waals surface area contributed by atoms with Crippen molar-refractivity contribution in [3.8, 4) is 0 Å². The molecule has 186 valence electrons. The lowest BCUT2D eigenvalue weighted by Gasteiger charge is -2.36. The highest BCUT2D eigenvalue weighted by molar-refractivity contribution is 5.78. The lowest BCUT2D eigenvalue weighted by molar-refractivity contribution is -0.131. The molecule has 9 nitrogen and oxygen atoms in total. The number of hydrogen-bond acceptors (Lipinski definition) is 5. The summed E-state index contributed by atoms with van der Waals surface area (Å²) in [6.07, 6.45) is 6.57. The highest BCUT2D eigenvalue weighted by Crippen LogP contribution is 2.34. The number of amides is 1. The van der Waals surface area contributed by atoms with Crippen LogP contribution in [0, 0.1) is 0 Å². The van der Waals surface area contributed by atoms with Gasteiger partial charge >= 0.3 is 5.69 Å². The molecule has 0 radical (unpaired) electrons. The van der Waals surface area contributed by atoms with Crippen LogP contribution in [0.1, 0.15) is 50.3 Å². The molecule has 3 heterocycles. The summed E-state index contributed by atoms with van der Waals surface area (Å²) in [4.78, 5) is 46.4. The second-order valence-electron chi connectivity index (χ2n) is 9.80. The van der Waals surface area contributed by atoms with Gasteiger partial charge in [0.05, 0.1) is 11.0 Å². The van der Waals surface area contributed by atoms with Gasteiger partial charge < -0.3 is 14.4 Å². The Balaban J connectivity index is 1.26. The van der Waals surface area contributed by atoms with Gasteiger partial charge in [-0.2, -0.15) is 0 Å². The van der Waals surface area contributed by atoms with Gasteiger partial charge in [-0.3, -0.25) is 18.7 Å². The van der Waals surface area contributed by atoms with Gasteiger partial charge in [0, 0.05) is 65.2 Å². The van der Waals surface area contributed by atoms with E-state index in [1.807, 2.05) is 21.9 Å². The molecule has 1 aliphatic heterocycles. The number of para-hydroxylation sites is 2. The van der Waals surface area contributed by atoms with E-state index in [0.29, 0.717) is 50.9 Å². The number of carbonyl (C=O) groups excluding carboxylic acids is 1. The molecule has 0 spiro atoms. The third kappa shape index (κ3) is 4.51. The molecule has 2 aromatic heterocycles. The average Bonchev–Trinajstić information content (AvgIpc) is 3.27. The summed E-state index contributed by atoms with van der Waals surface area (Å²) < 4.78 is 4.87. The zero-order chi connectivity index (χ0) is 24.5. The van der Waals surface area contributed by atoms with Crippen LogP contribution in [0.25, 0.3) is 11.0 Å². The number of anilines is 1. The monoisotopic (exact) mass is 478 g/mol. The molecular weight excluding hydrogens is 444 g/mol. The van der Waals surface area contributed by atoms with Gasteiger partial charge in [0.15, 0.2) is 0 Å². The van der Waals surface area contributed by atoms with Crippen LogP contribution in [0.4, 0.5) is 5.82 Å². The van der Waals surface area contributed by atoms with Crippen LogP contribution in [0.2, 0.25) is 0 Å². The first-order valence-corrected chi connectivity index (χ1v) is 12.7. The van der Waals surface area contributed by atoms with E-state index in [0.717, 1.165) is 21.4 Å². The van der Waals surface area contributed by atoms with Crippen molar-refractivity contribution in [3.05, 3.63) is 57.0 Å². The Hall–Kier alpha value is -3.36. The standard InChI is InChI=1S/C26H34N6O3/c1-28-22(18-24(34)29(2)26(28)35)30-14-16-31(17-15-30)23(33)12-13-32-21-11-7-6-10-20(21)27-25(32)19-8-4-3-5-9-19/h6-7,10-11,18-19H,3-5,8-9,12-17H2,1-2H3. The molecule has 1 amide bonds. The summed E-state index contributed by atoms with van der Waals surface area (Å²) in [5, 5.41) is 0. The fourth-order valence-electron chi connectivity index (χ4n) is 5.58. The van der Waals surface area contributed by atoms with Gasteiger partial charge in [0.25, 0.3) is 5.56 Å². The Kier molecular flexibility index (Phi) is 6.49. The van der Waals surface area contributed by atoms with Gasteiger partial charge in [0.1, 0.15) is 11.6 Å². The van der Waals surface area contributed by atoms with Crippen molar-refractivity contribution in [2.75, 3.05) is 31.1 Å². The molecule has 0 N–H and O–H groups in total. The number of carbonyl (C=O) groups is 1. The lowest BCUT2D eigenvalue weighted by atomic mass is 9.88. The molecule has 1 aromatic carbocycles. The lowest BCUT2D eigenvalue weighted by Crippen LogP contribution is -2.51. The topological polar surface area (TPSA) is 85.4 Å². The van der Waals surface area contributed by atoms with Crippen molar-refractivity contribution >= 4 is 22.8 Å². The molecule has 5 rings (SSSR count). The zero-order valence-corrected chi connectivity index (χ0v) is 20.7. The number of nitrogens with zero attached hydrogens (tertiary/aromatic N) is 6. The number of aryl methyl sites for hydroxylation is 1. The van der Waals surface area contributed by atoms with Crippen molar-refractivity contribution in [1.29, 1.82) is 0 Å². The molecule has 0 atom stereocenters. The predicted molar refractivity (Wildman–Crippen MR) is 136 cm³/mol. The Bertz CT molecular complexity index is 1340. The Labute approximate surface area is 204 Å². The highest BCUT2D eigenvalue weighted by atomic mass is 16.2. The normalized spacial score (nSPS) is 17.3. The fraction of sp³-hybridized carbons (Fsp3) is 0.538. The third-order valence-corrected chi connectivity index (χ3v) is 7.66. The summed E-state index contributed by atoms with van der Waals surface area (Å²) in [6.45, 7) is 2.96. The van der Waals surface area contributed by atoms with Crippen molar-refractivity contribution in [3.63, 3.8) is 0 Å². The van der Waals surface area contributed by atoms with E-state index >= 15 is 0 Å². The fourth-order valence-corrected chi connectivity index (χ4v) is 5.58. The van der Waals surface area contributed by atoms with Gasteiger partial charge in [-0.15, -0.1) is 0 Å². The second kappa shape index (κ2) is 9.71. The SMILES string of the molecule is Cn1c(N2CCN(C(=O)CCn3c(C4CCCCC4)nc4ccccc43)CC2)cc(=O)n(C)c1=O. The van der Waals surface area contributed by atoms with Crippen LogP contribution in [0.3, 0.4) is 0 Å². The van der Waals surface area contributed by atoms with Crippen LogP contribution in [0.5, 0.6) is 0 Å². The summed E-state index contributed by atoms with van der Waals surface area (Å²) in [6, 6.07) is 9.72. The summed E-state index contributed by atoms with van der Waals surface area (Å²) in [5.74, 6) is 2.34. The van der Waals surface area contributed by atoms with Crippen molar-refractivity contribution in [2.24, 2.45) is 14.1 Å². The van der Waals surface area contributed by atoms with E-state index in [4.69, 9.17) is 4.98 Å².